The van der Waals surface area contributed by atoms with Gasteiger partial charge in [0.05, 0.1) is 0 Å². The number of rotatable bonds is 3. The number of carboxylic acids is 1. The molecule has 5 heteroatoms. The van der Waals surface area contributed by atoms with Gasteiger partial charge < -0.3 is 10.4 Å². The summed E-state index contributed by atoms with van der Waals surface area (Å²) in [5.74, 6) is -1.07. The van der Waals surface area contributed by atoms with Crippen molar-refractivity contribution in [3.8, 4) is 0 Å². The molecule has 2 unspecified atom stereocenters. The zero-order chi connectivity index (χ0) is 13.1. The van der Waals surface area contributed by atoms with E-state index < -0.39 is 12.0 Å². The Morgan fingerprint density at radius 3 is 2.94 bits per heavy atom. The number of carboxylic acid groups (broad SMARTS) is 1. The van der Waals surface area contributed by atoms with Crippen LogP contribution in [0, 0.1) is 5.82 Å². The average molecular weight is 316 g/mol. The van der Waals surface area contributed by atoms with Gasteiger partial charge in [-0.25, -0.2) is 4.39 Å². The molecular weight excluding hydrogens is 301 g/mol. The molecule has 2 rings (SSSR count). The molecule has 0 bridgehead atoms. The van der Waals surface area contributed by atoms with Gasteiger partial charge in [0.1, 0.15) is 11.9 Å². The average Bonchev–Trinajstić information content (AvgIpc) is 2.33. The summed E-state index contributed by atoms with van der Waals surface area (Å²) in [6.45, 7) is 0. The first kappa shape index (κ1) is 13.5. The number of piperidine rings is 1. The highest BCUT2D eigenvalue weighted by Crippen LogP contribution is 2.23. The minimum absolute atomic E-state index is 0.140. The molecule has 0 radical (unpaired) electrons. The number of aliphatic carboxylic acids is 1. The summed E-state index contributed by atoms with van der Waals surface area (Å²) in [5.41, 5.74) is 1.000. The van der Waals surface area contributed by atoms with Gasteiger partial charge in [-0.2, -0.15) is 0 Å². The number of hydrogen-bond donors (Lipinski definition) is 2. The van der Waals surface area contributed by atoms with E-state index in [-0.39, 0.29) is 11.9 Å². The second-order valence-corrected chi connectivity index (χ2v) is 5.48. The van der Waals surface area contributed by atoms with Crippen LogP contribution in [-0.4, -0.2) is 23.2 Å². The molecule has 0 amide bonds. The van der Waals surface area contributed by atoms with Crippen LogP contribution in [-0.2, 0) is 11.2 Å². The lowest BCUT2D eigenvalue weighted by Crippen LogP contribution is -2.47. The topological polar surface area (TPSA) is 49.3 Å². The van der Waals surface area contributed by atoms with Crippen molar-refractivity contribution < 1.29 is 14.3 Å². The zero-order valence-electron chi connectivity index (χ0n) is 9.83. The summed E-state index contributed by atoms with van der Waals surface area (Å²) in [6, 6.07) is 4.29. The number of nitrogens with one attached hydrogen (secondary N) is 1. The Morgan fingerprint density at radius 1 is 1.50 bits per heavy atom. The summed E-state index contributed by atoms with van der Waals surface area (Å²) in [5, 5.41) is 12.1. The van der Waals surface area contributed by atoms with E-state index >= 15 is 0 Å². The van der Waals surface area contributed by atoms with Crippen molar-refractivity contribution in [1.82, 2.24) is 5.32 Å². The van der Waals surface area contributed by atoms with Crippen molar-refractivity contribution in [2.75, 3.05) is 0 Å². The Bertz CT molecular complexity index is 453. The summed E-state index contributed by atoms with van der Waals surface area (Å²) in [6.07, 6.45) is 3.25. The second-order valence-electron chi connectivity index (χ2n) is 4.63. The number of carbonyl (C=O) groups is 1. The second kappa shape index (κ2) is 5.80. The molecule has 1 aliphatic heterocycles. The quantitative estimate of drug-likeness (QED) is 0.901. The van der Waals surface area contributed by atoms with Gasteiger partial charge in [0.25, 0.3) is 0 Å². The van der Waals surface area contributed by atoms with Crippen molar-refractivity contribution in [1.29, 1.82) is 0 Å². The van der Waals surface area contributed by atoms with E-state index in [2.05, 4.69) is 21.2 Å². The summed E-state index contributed by atoms with van der Waals surface area (Å²) < 4.78 is 13.7. The lowest BCUT2D eigenvalue weighted by molar-refractivity contribution is -0.140. The molecule has 98 valence electrons. The third-order valence-electron chi connectivity index (χ3n) is 3.26. The Hall–Kier alpha value is -0.940. The van der Waals surface area contributed by atoms with E-state index in [1.165, 1.54) is 12.1 Å². The Labute approximate surface area is 114 Å². The highest BCUT2D eigenvalue weighted by atomic mass is 79.9. The summed E-state index contributed by atoms with van der Waals surface area (Å²) in [4.78, 5) is 10.9. The van der Waals surface area contributed by atoms with E-state index in [9.17, 15) is 9.18 Å². The standard InChI is InChI=1S/C13H15BrFNO2/c14-11-7-9(15)5-4-8(11)6-10-2-1-3-12(16-10)13(17)18/h4-5,7,10,12,16H,1-3,6H2,(H,17,18). The Morgan fingerprint density at radius 2 is 2.28 bits per heavy atom. The van der Waals surface area contributed by atoms with Crippen LogP contribution in [0.3, 0.4) is 0 Å². The molecule has 18 heavy (non-hydrogen) atoms. The van der Waals surface area contributed by atoms with Crippen LogP contribution in [0.15, 0.2) is 22.7 Å². The maximum absolute atomic E-state index is 13.0. The lowest BCUT2D eigenvalue weighted by atomic mass is 9.94. The van der Waals surface area contributed by atoms with E-state index in [0.717, 1.165) is 22.9 Å². The van der Waals surface area contributed by atoms with E-state index in [4.69, 9.17) is 5.11 Å². The highest BCUT2D eigenvalue weighted by molar-refractivity contribution is 9.10. The maximum Gasteiger partial charge on any atom is 0.320 e. The first-order chi connectivity index (χ1) is 8.56. The largest absolute Gasteiger partial charge is 0.480 e. The Kier molecular flexibility index (Phi) is 4.35. The minimum Gasteiger partial charge on any atom is -0.480 e. The molecule has 1 aromatic carbocycles. The van der Waals surface area contributed by atoms with Gasteiger partial charge >= 0.3 is 5.97 Å². The summed E-state index contributed by atoms with van der Waals surface area (Å²) in [7, 11) is 0. The normalized spacial score (nSPS) is 23.9. The van der Waals surface area contributed by atoms with Crippen LogP contribution in [0.5, 0.6) is 0 Å². The van der Waals surface area contributed by atoms with Gasteiger partial charge in [0.15, 0.2) is 0 Å². The third kappa shape index (κ3) is 3.29. The molecule has 1 heterocycles. The number of halogens is 2. The van der Waals surface area contributed by atoms with Crippen molar-refractivity contribution in [3.63, 3.8) is 0 Å². The zero-order valence-corrected chi connectivity index (χ0v) is 11.4. The molecule has 2 atom stereocenters. The SMILES string of the molecule is O=C(O)C1CCCC(Cc2ccc(F)cc2Br)N1. The van der Waals surface area contributed by atoms with Crippen LogP contribution in [0.2, 0.25) is 0 Å². The van der Waals surface area contributed by atoms with Crippen LogP contribution < -0.4 is 5.32 Å². The molecule has 0 saturated carbocycles. The van der Waals surface area contributed by atoms with Gasteiger partial charge in [-0.15, -0.1) is 0 Å². The fourth-order valence-electron chi connectivity index (χ4n) is 2.33. The highest BCUT2D eigenvalue weighted by Gasteiger charge is 2.26. The molecule has 1 fully saturated rings. The van der Waals surface area contributed by atoms with Crippen LogP contribution >= 0.6 is 15.9 Å². The Balaban J connectivity index is 2.02. The number of hydrogen-bond acceptors (Lipinski definition) is 2. The molecule has 1 aromatic rings. The van der Waals surface area contributed by atoms with Crippen molar-refractivity contribution in [2.24, 2.45) is 0 Å². The molecule has 2 N–H and O–H groups in total. The third-order valence-corrected chi connectivity index (χ3v) is 4.00. The monoisotopic (exact) mass is 315 g/mol. The first-order valence-electron chi connectivity index (χ1n) is 5.99. The number of benzene rings is 1. The van der Waals surface area contributed by atoms with Gasteiger partial charge in [-0.05, 0) is 43.4 Å². The summed E-state index contributed by atoms with van der Waals surface area (Å²) >= 11 is 3.33. The predicted molar refractivity (Wildman–Crippen MR) is 70.0 cm³/mol. The van der Waals surface area contributed by atoms with Crippen LogP contribution in [0.25, 0.3) is 0 Å². The van der Waals surface area contributed by atoms with Crippen molar-refractivity contribution in [2.45, 2.75) is 37.8 Å². The molecule has 0 aromatic heterocycles. The van der Waals surface area contributed by atoms with Gasteiger partial charge in [0.2, 0.25) is 0 Å². The predicted octanol–water partition coefficient (Wildman–Crippen LogP) is 2.73. The lowest BCUT2D eigenvalue weighted by Gasteiger charge is -2.28. The first-order valence-corrected chi connectivity index (χ1v) is 6.78. The van der Waals surface area contributed by atoms with Crippen LogP contribution in [0.4, 0.5) is 4.39 Å². The molecule has 3 nitrogen and oxygen atoms in total. The molecule has 1 saturated heterocycles. The fraction of sp³-hybridized carbons (Fsp3) is 0.462. The molecular formula is C13H15BrFNO2. The van der Waals surface area contributed by atoms with Crippen molar-refractivity contribution in [3.05, 3.63) is 34.1 Å². The van der Waals surface area contributed by atoms with Gasteiger partial charge in [-0.1, -0.05) is 22.0 Å². The molecule has 0 spiro atoms. The minimum atomic E-state index is -0.794. The van der Waals surface area contributed by atoms with Gasteiger partial charge in [-0.3, -0.25) is 4.79 Å². The molecule has 0 aliphatic carbocycles. The smallest absolute Gasteiger partial charge is 0.320 e. The van der Waals surface area contributed by atoms with Crippen molar-refractivity contribution >= 4 is 21.9 Å². The van der Waals surface area contributed by atoms with Gasteiger partial charge in [0, 0.05) is 10.5 Å². The maximum atomic E-state index is 13.0. The molecule has 1 aliphatic rings. The van der Waals surface area contributed by atoms with E-state index in [0.29, 0.717) is 12.8 Å². The van der Waals surface area contributed by atoms with Crippen LogP contribution in [0.1, 0.15) is 24.8 Å². The fourth-order valence-corrected chi connectivity index (χ4v) is 2.84. The van der Waals surface area contributed by atoms with E-state index in [1.807, 2.05) is 0 Å². The van der Waals surface area contributed by atoms with E-state index in [1.54, 1.807) is 6.07 Å².